The zero-order valence-electron chi connectivity index (χ0n) is 29.3. The predicted molar refractivity (Wildman–Crippen MR) is 184 cm³/mol. The Labute approximate surface area is 306 Å². The molecule has 286 valence electrons. The van der Waals surface area contributed by atoms with Crippen molar-refractivity contribution in [3.8, 4) is 16.9 Å². The number of hydrogen-bond donors (Lipinski definition) is 4. The van der Waals surface area contributed by atoms with Crippen LogP contribution in [0.2, 0.25) is 0 Å². The van der Waals surface area contributed by atoms with Crippen LogP contribution in [0.25, 0.3) is 11.1 Å². The van der Waals surface area contributed by atoms with E-state index >= 15 is 4.39 Å². The van der Waals surface area contributed by atoms with E-state index in [2.05, 4.69) is 32.3 Å². The molecule has 3 aromatic carbocycles. The summed E-state index contributed by atoms with van der Waals surface area (Å²) in [5.74, 6) is -5.25. The number of allylic oxidation sites excluding steroid dienone is 1. The number of amides is 4. The summed E-state index contributed by atoms with van der Waals surface area (Å²) in [5.41, 5.74) is 1.55. The highest BCUT2D eigenvalue weighted by Gasteiger charge is 2.55. The minimum atomic E-state index is -4.98. The van der Waals surface area contributed by atoms with Crippen molar-refractivity contribution in [3.63, 3.8) is 0 Å². The van der Waals surface area contributed by atoms with Gasteiger partial charge in [0.1, 0.15) is 17.4 Å². The van der Waals surface area contributed by atoms with Gasteiger partial charge >= 0.3 is 12.3 Å². The van der Waals surface area contributed by atoms with E-state index in [0.717, 1.165) is 30.5 Å². The van der Waals surface area contributed by atoms with E-state index < -0.39 is 65.3 Å². The Kier molecular flexibility index (Phi) is 10.9. The number of nitrogens with one attached hydrogen (secondary N) is 4. The Morgan fingerprint density at radius 2 is 1.61 bits per heavy atom. The van der Waals surface area contributed by atoms with Crippen molar-refractivity contribution in [2.75, 3.05) is 26.6 Å². The van der Waals surface area contributed by atoms with E-state index in [1.165, 1.54) is 51.6 Å². The first kappa shape index (κ1) is 38.2. The fourth-order valence-corrected chi connectivity index (χ4v) is 7.41. The maximum absolute atomic E-state index is 15.4. The molecule has 3 unspecified atom stereocenters. The molecule has 3 fully saturated rings. The van der Waals surface area contributed by atoms with Crippen molar-refractivity contribution >= 4 is 29.5 Å². The number of carbonyl (C=O) groups is 4. The van der Waals surface area contributed by atoms with Crippen molar-refractivity contribution in [1.29, 1.82) is 0 Å². The largest absolute Gasteiger partial charge is 0.496 e. The number of hydrogen-bond acceptors (Lipinski definition) is 7. The summed E-state index contributed by atoms with van der Waals surface area (Å²) in [6, 6.07) is 9.38. The fourth-order valence-electron chi connectivity index (χ4n) is 7.41. The molecule has 4 amide bonds. The lowest BCUT2D eigenvalue weighted by Gasteiger charge is -2.30. The van der Waals surface area contributed by atoms with E-state index in [9.17, 15) is 36.7 Å². The molecule has 0 radical (unpaired) electrons. The first-order chi connectivity index (χ1) is 25.7. The molecule has 3 saturated carbocycles. The van der Waals surface area contributed by atoms with Crippen LogP contribution in [0.1, 0.15) is 53.3 Å². The van der Waals surface area contributed by atoms with E-state index in [1.807, 2.05) is 0 Å². The van der Waals surface area contributed by atoms with Crippen molar-refractivity contribution in [2.24, 2.45) is 23.7 Å². The second-order valence-corrected chi connectivity index (χ2v) is 13.4. The molecular formula is C38H37F5N4O7. The Morgan fingerprint density at radius 1 is 0.889 bits per heavy atom. The molecule has 0 aromatic heterocycles. The number of ether oxygens (including phenoxy) is 2. The summed E-state index contributed by atoms with van der Waals surface area (Å²) in [7, 11) is 3.81. The van der Waals surface area contributed by atoms with Crippen LogP contribution in [0, 0.1) is 35.3 Å². The molecular weight excluding hydrogens is 719 g/mol. The normalized spacial score (nSPS) is 21.7. The van der Waals surface area contributed by atoms with Gasteiger partial charge in [0.25, 0.3) is 11.8 Å². The lowest BCUT2D eigenvalue weighted by atomic mass is 9.83. The van der Waals surface area contributed by atoms with Gasteiger partial charge < -0.3 is 25.4 Å². The molecule has 0 saturated heterocycles. The molecule has 54 heavy (non-hydrogen) atoms. The average Bonchev–Trinajstić information content (AvgIpc) is 3.82. The summed E-state index contributed by atoms with van der Waals surface area (Å²) >= 11 is 0. The van der Waals surface area contributed by atoms with Crippen LogP contribution in [0.15, 0.2) is 66.2 Å². The highest BCUT2D eigenvalue weighted by molar-refractivity contribution is 6.00. The van der Waals surface area contributed by atoms with Gasteiger partial charge in [-0.2, -0.15) is 13.2 Å². The molecule has 11 nitrogen and oxygen atoms in total. The van der Waals surface area contributed by atoms with Crippen molar-refractivity contribution in [2.45, 2.75) is 44.0 Å². The van der Waals surface area contributed by atoms with Crippen LogP contribution in [0.4, 0.5) is 32.4 Å². The molecule has 6 rings (SSSR count). The number of fused-ring (bicyclic) bond motifs is 2. The number of benzene rings is 3. The molecule has 3 aliphatic rings. The fraction of sp³-hybridized carbons (Fsp3) is 0.368. The Hall–Kier alpha value is -5.51. The third-order valence-corrected chi connectivity index (χ3v) is 10.0. The number of carbonyl (C=O) groups excluding carboxylic acids is 4. The summed E-state index contributed by atoms with van der Waals surface area (Å²) in [6.07, 6.45) is -2.05. The second-order valence-electron chi connectivity index (χ2n) is 13.4. The molecule has 0 spiro atoms. The van der Waals surface area contributed by atoms with Gasteiger partial charge in [-0.05, 0) is 85.5 Å². The van der Waals surface area contributed by atoms with Gasteiger partial charge in [-0.3, -0.25) is 19.2 Å². The second kappa shape index (κ2) is 15.5. The van der Waals surface area contributed by atoms with Crippen LogP contribution in [-0.4, -0.2) is 51.1 Å². The number of alkyl carbamates (subject to hydrolysis) is 1. The molecule has 4 N–H and O–H groups in total. The maximum atomic E-state index is 15.4. The van der Waals surface area contributed by atoms with Gasteiger partial charge in [-0.1, -0.05) is 23.8 Å². The lowest BCUT2D eigenvalue weighted by molar-refractivity contribution is -0.141. The SMILES string of the molecule is CNC(=O)OC(C(=O)NOC)c1ccc(F)c(-c2ccc(OC)c(C(=O)N[C@@H]3C4CCC(/C4=C/C4CC4)[C@@H]3C(=O)Nc3ccc(F)c(C(F)(F)F)c3)c2)c1. The lowest BCUT2D eigenvalue weighted by Crippen LogP contribution is -2.48. The predicted octanol–water partition coefficient (Wildman–Crippen LogP) is 6.46. The zero-order chi connectivity index (χ0) is 38.9. The third kappa shape index (κ3) is 7.88. The zero-order valence-corrected chi connectivity index (χ0v) is 29.3. The van der Waals surface area contributed by atoms with E-state index in [0.29, 0.717) is 30.9 Å². The summed E-state index contributed by atoms with van der Waals surface area (Å²) in [5, 5.41) is 7.75. The van der Waals surface area contributed by atoms with Crippen LogP contribution in [-0.2, 0) is 25.3 Å². The van der Waals surface area contributed by atoms with Gasteiger partial charge in [0.05, 0.1) is 31.3 Å². The highest BCUT2D eigenvalue weighted by Crippen LogP contribution is 2.54. The maximum Gasteiger partial charge on any atom is 0.419 e. The Bertz CT molecular complexity index is 2000. The number of methoxy groups -OCH3 is 1. The number of alkyl halides is 3. The quantitative estimate of drug-likeness (QED) is 0.0999. The minimum Gasteiger partial charge on any atom is -0.496 e. The average molecular weight is 757 g/mol. The summed E-state index contributed by atoms with van der Waals surface area (Å²) < 4.78 is 80.5. The molecule has 3 aromatic rings. The van der Waals surface area contributed by atoms with Crippen LogP contribution >= 0.6 is 0 Å². The summed E-state index contributed by atoms with van der Waals surface area (Å²) in [6.45, 7) is 0. The van der Waals surface area contributed by atoms with E-state index in [-0.39, 0.29) is 45.5 Å². The van der Waals surface area contributed by atoms with Gasteiger partial charge in [-0.15, -0.1) is 0 Å². The monoisotopic (exact) mass is 756 g/mol. The Morgan fingerprint density at radius 3 is 2.28 bits per heavy atom. The van der Waals surface area contributed by atoms with Gasteiger partial charge in [-0.25, -0.2) is 19.1 Å². The number of hydroxylamine groups is 1. The summed E-state index contributed by atoms with van der Waals surface area (Å²) in [4.78, 5) is 57.4. The molecule has 5 atom stereocenters. The number of halogens is 5. The number of anilines is 1. The molecule has 16 heteroatoms. The molecule has 3 aliphatic carbocycles. The van der Waals surface area contributed by atoms with Crippen LogP contribution < -0.4 is 26.2 Å². The first-order valence-electron chi connectivity index (χ1n) is 17.1. The van der Waals surface area contributed by atoms with Gasteiger partial charge in [0, 0.05) is 35.8 Å². The Balaban J connectivity index is 1.31. The third-order valence-electron chi connectivity index (χ3n) is 10.0. The first-order valence-corrected chi connectivity index (χ1v) is 17.1. The van der Waals surface area contributed by atoms with Crippen LogP contribution in [0.5, 0.6) is 5.75 Å². The van der Waals surface area contributed by atoms with Gasteiger partial charge in [0.2, 0.25) is 12.0 Å². The minimum absolute atomic E-state index is 0.0157. The smallest absolute Gasteiger partial charge is 0.419 e. The van der Waals surface area contributed by atoms with Crippen LogP contribution in [0.3, 0.4) is 0 Å². The highest BCUT2D eigenvalue weighted by atomic mass is 19.4. The van der Waals surface area contributed by atoms with Crippen molar-refractivity contribution in [1.82, 2.24) is 16.1 Å². The molecule has 0 heterocycles. The topological polar surface area (TPSA) is 144 Å². The van der Waals surface area contributed by atoms with Crippen molar-refractivity contribution < 1.29 is 55.4 Å². The molecule has 0 aliphatic heterocycles. The van der Waals surface area contributed by atoms with Crippen molar-refractivity contribution in [3.05, 3.63) is 94.6 Å². The molecule has 2 bridgehead atoms. The van der Waals surface area contributed by atoms with Gasteiger partial charge in [0.15, 0.2) is 0 Å². The standard InChI is InChI=1S/C38H37F5N4O7/c1-44-37(51)54-33(36(50)47-53-3)20-6-11-28(39)24(16-20)19-7-13-30(52-2)26(15-19)34(48)46-32-23-10-9-22(25(23)14-18-4-5-18)31(32)35(49)45-21-8-12-29(40)27(17-21)38(41,42)43/h6-8,11-18,22-23,31-33H,4-5,9-10H2,1-3H3,(H,44,51)(H,45,49)(H,46,48)(H,47,50)/b25-14-/t22?,23?,31-,32+,33?/m0/s1. The van der Waals surface area contributed by atoms with E-state index in [1.54, 1.807) is 0 Å². The van der Waals surface area contributed by atoms with E-state index in [4.69, 9.17) is 9.47 Å². The number of rotatable bonds is 11.